The van der Waals surface area contributed by atoms with E-state index in [4.69, 9.17) is 0 Å². The van der Waals surface area contributed by atoms with E-state index in [9.17, 15) is 5.11 Å². The molecule has 1 fully saturated rings. The first-order valence-corrected chi connectivity index (χ1v) is 5.16. The van der Waals surface area contributed by atoms with Crippen molar-refractivity contribution in [2.75, 3.05) is 26.2 Å². The van der Waals surface area contributed by atoms with Crippen molar-refractivity contribution in [3.8, 4) is 0 Å². The van der Waals surface area contributed by atoms with Gasteiger partial charge in [0.05, 0.1) is 5.60 Å². The standard InChI is InChI=1S/C10H22N2O/c1-9(8-10(2,3)13)12-6-4-11-5-7-12/h9,11,13H,4-8H2,1-3H3. The van der Waals surface area contributed by atoms with Gasteiger partial charge in [0, 0.05) is 32.2 Å². The second kappa shape index (κ2) is 4.40. The maximum atomic E-state index is 9.68. The van der Waals surface area contributed by atoms with Crippen LogP contribution >= 0.6 is 0 Å². The molecule has 1 atom stereocenters. The van der Waals surface area contributed by atoms with E-state index in [2.05, 4.69) is 17.1 Å². The van der Waals surface area contributed by atoms with Crippen LogP contribution in [-0.4, -0.2) is 47.8 Å². The lowest BCUT2D eigenvalue weighted by Gasteiger charge is -2.35. The van der Waals surface area contributed by atoms with Crippen molar-refractivity contribution < 1.29 is 5.11 Å². The number of aliphatic hydroxyl groups is 1. The maximum absolute atomic E-state index is 9.68. The highest BCUT2D eigenvalue weighted by Crippen LogP contribution is 2.15. The molecule has 0 aliphatic carbocycles. The van der Waals surface area contributed by atoms with Gasteiger partial charge < -0.3 is 10.4 Å². The first kappa shape index (κ1) is 11.0. The molecule has 3 nitrogen and oxygen atoms in total. The van der Waals surface area contributed by atoms with Crippen molar-refractivity contribution in [2.24, 2.45) is 0 Å². The summed E-state index contributed by atoms with van der Waals surface area (Å²) in [6, 6.07) is 0.488. The predicted octanol–water partition coefficient (Wildman–Crippen LogP) is 0.441. The summed E-state index contributed by atoms with van der Waals surface area (Å²) < 4.78 is 0. The molecule has 1 aliphatic heterocycles. The van der Waals surface area contributed by atoms with Gasteiger partial charge in [0.2, 0.25) is 0 Å². The highest BCUT2D eigenvalue weighted by molar-refractivity contribution is 4.79. The van der Waals surface area contributed by atoms with Crippen LogP contribution in [0.2, 0.25) is 0 Å². The summed E-state index contributed by atoms with van der Waals surface area (Å²) >= 11 is 0. The fourth-order valence-corrected chi connectivity index (χ4v) is 1.97. The van der Waals surface area contributed by atoms with Gasteiger partial charge in [-0.05, 0) is 27.2 Å². The predicted molar refractivity (Wildman–Crippen MR) is 54.8 cm³/mol. The van der Waals surface area contributed by atoms with Crippen molar-refractivity contribution in [3.63, 3.8) is 0 Å². The second-order valence-corrected chi connectivity index (χ2v) is 4.65. The largest absolute Gasteiger partial charge is 0.390 e. The third-order valence-corrected chi connectivity index (χ3v) is 2.57. The topological polar surface area (TPSA) is 35.5 Å². The van der Waals surface area contributed by atoms with Gasteiger partial charge in [0.25, 0.3) is 0 Å². The van der Waals surface area contributed by atoms with E-state index in [1.54, 1.807) is 0 Å². The highest BCUT2D eigenvalue weighted by atomic mass is 16.3. The van der Waals surface area contributed by atoms with Crippen LogP contribution in [0.4, 0.5) is 0 Å². The van der Waals surface area contributed by atoms with Crippen LogP contribution < -0.4 is 5.32 Å². The van der Waals surface area contributed by atoms with Crippen LogP contribution in [0.5, 0.6) is 0 Å². The zero-order valence-electron chi connectivity index (χ0n) is 9.01. The molecule has 0 radical (unpaired) electrons. The van der Waals surface area contributed by atoms with Crippen LogP contribution in [-0.2, 0) is 0 Å². The average molecular weight is 186 g/mol. The van der Waals surface area contributed by atoms with E-state index in [0.29, 0.717) is 6.04 Å². The van der Waals surface area contributed by atoms with Gasteiger partial charge >= 0.3 is 0 Å². The minimum Gasteiger partial charge on any atom is -0.390 e. The van der Waals surface area contributed by atoms with Crippen molar-refractivity contribution >= 4 is 0 Å². The number of hydrogen-bond acceptors (Lipinski definition) is 3. The van der Waals surface area contributed by atoms with Gasteiger partial charge in [0.1, 0.15) is 0 Å². The molecule has 78 valence electrons. The summed E-state index contributed by atoms with van der Waals surface area (Å²) in [5, 5.41) is 13.0. The SMILES string of the molecule is CC(CC(C)(C)O)N1CCNCC1. The summed E-state index contributed by atoms with van der Waals surface area (Å²) in [5.74, 6) is 0. The van der Waals surface area contributed by atoms with Gasteiger partial charge in [-0.15, -0.1) is 0 Å². The molecule has 0 bridgehead atoms. The molecule has 0 aromatic rings. The van der Waals surface area contributed by atoms with Crippen LogP contribution in [0, 0.1) is 0 Å². The minimum absolute atomic E-state index is 0.488. The summed E-state index contributed by atoms with van der Waals surface area (Å²) in [6.07, 6.45) is 0.854. The highest BCUT2D eigenvalue weighted by Gasteiger charge is 2.22. The van der Waals surface area contributed by atoms with Crippen LogP contribution in [0.3, 0.4) is 0 Å². The van der Waals surface area contributed by atoms with Crippen LogP contribution in [0.1, 0.15) is 27.2 Å². The average Bonchev–Trinajstić information content (AvgIpc) is 2.03. The second-order valence-electron chi connectivity index (χ2n) is 4.65. The number of nitrogens with one attached hydrogen (secondary N) is 1. The smallest absolute Gasteiger partial charge is 0.0606 e. The summed E-state index contributed by atoms with van der Waals surface area (Å²) in [4.78, 5) is 2.44. The van der Waals surface area contributed by atoms with Crippen molar-refractivity contribution in [1.29, 1.82) is 0 Å². The van der Waals surface area contributed by atoms with E-state index in [-0.39, 0.29) is 0 Å². The monoisotopic (exact) mass is 186 g/mol. The van der Waals surface area contributed by atoms with Crippen molar-refractivity contribution in [2.45, 2.75) is 38.8 Å². The van der Waals surface area contributed by atoms with Crippen molar-refractivity contribution in [1.82, 2.24) is 10.2 Å². The molecule has 0 saturated carbocycles. The van der Waals surface area contributed by atoms with E-state index < -0.39 is 5.60 Å². The third-order valence-electron chi connectivity index (χ3n) is 2.57. The maximum Gasteiger partial charge on any atom is 0.0606 e. The van der Waals surface area contributed by atoms with Gasteiger partial charge in [0.15, 0.2) is 0 Å². The zero-order chi connectivity index (χ0) is 9.90. The molecular weight excluding hydrogens is 164 g/mol. The Morgan fingerprint density at radius 3 is 2.38 bits per heavy atom. The first-order chi connectivity index (χ1) is 5.99. The fourth-order valence-electron chi connectivity index (χ4n) is 1.97. The molecular formula is C10H22N2O. The molecule has 0 aromatic carbocycles. The molecule has 1 saturated heterocycles. The third kappa shape index (κ3) is 4.07. The number of hydrogen-bond donors (Lipinski definition) is 2. The van der Waals surface area contributed by atoms with E-state index in [1.807, 2.05) is 13.8 Å². The Labute approximate surface area is 81.1 Å². The molecule has 0 spiro atoms. The molecule has 2 N–H and O–H groups in total. The summed E-state index contributed by atoms with van der Waals surface area (Å²) in [5.41, 5.74) is -0.537. The quantitative estimate of drug-likeness (QED) is 0.671. The fraction of sp³-hybridized carbons (Fsp3) is 1.00. The molecule has 1 unspecified atom stereocenters. The first-order valence-electron chi connectivity index (χ1n) is 5.16. The van der Waals surface area contributed by atoms with Crippen LogP contribution in [0.25, 0.3) is 0 Å². The molecule has 1 aliphatic rings. The summed E-state index contributed by atoms with van der Waals surface area (Å²) in [6.45, 7) is 10.3. The Morgan fingerprint density at radius 1 is 1.38 bits per heavy atom. The summed E-state index contributed by atoms with van der Waals surface area (Å²) in [7, 11) is 0. The van der Waals surface area contributed by atoms with Crippen LogP contribution in [0.15, 0.2) is 0 Å². The van der Waals surface area contributed by atoms with Gasteiger partial charge in [-0.1, -0.05) is 0 Å². The zero-order valence-corrected chi connectivity index (χ0v) is 9.01. The molecule has 3 heteroatoms. The Bertz CT molecular complexity index is 147. The lowest BCUT2D eigenvalue weighted by molar-refractivity contribution is 0.0347. The Balaban J connectivity index is 2.33. The Kier molecular flexibility index (Phi) is 3.71. The number of rotatable bonds is 3. The van der Waals surface area contributed by atoms with Gasteiger partial charge in [-0.3, -0.25) is 4.90 Å². The molecule has 1 rings (SSSR count). The Morgan fingerprint density at radius 2 is 1.92 bits per heavy atom. The van der Waals surface area contributed by atoms with Gasteiger partial charge in [-0.2, -0.15) is 0 Å². The lowest BCUT2D eigenvalue weighted by atomic mass is 9.99. The van der Waals surface area contributed by atoms with E-state index >= 15 is 0 Å². The normalized spacial score (nSPS) is 23.1. The molecule has 1 heterocycles. The molecule has 0 amide bonds. The van der Waals surface area contributed by atoms with Crippen molar-refractivity contribution in [3.05, 3.63) is 0 Å². The Hall–Kier alpha value is -0.120. The lowest BCUT2D eigenvalue weighted by Crippen LogP contribution is -2.49. The molecule has 13 heavy (non-hydrogen) atoms. The van der Waals surface area contributed by atoms with E-state index in [1.165, 1.54) is 0 Å². The van der Waals surface area contributed by atoms with Gasteiger partial charge in [-0.25, -0.2) is 0 Å². The number of nitrogens with zero attached hydrogens (tertiary/aromatic N) is 1. The number of piperazine rings is 1. The van der Waals surface area contributed by atoms with E-state index in [0.717, 1.165) is 32.6 Å². The molecule has 0 aromatic heterocycles. The minimum atomic E-state index is -0.537.